The van der Waals surface area contributed by atoms with Crippen molar-refractivity contribution in [3.05, 3.63) is 58.5 Å². The van der Waals surface area contributed by atoms with E-state index in [1.54, 1.807) is 17.0 Å². The first-order valence-electron chi connectivity index (χ1n) is 11.4. The lowest BCUT2D eigenvalue weighted by Gasteiger charge is -2.20. The quantitative estimate of drug-likeness (QED) is 0.496. The Hall–Kier alpha value is -3.90. The Morgan fingerprint density at radius 1 is 1.09 bits per heavy atom. The van der Waals surface area contributed by atoms with Crippen LogP contribution >= 0.6 is 11.3 Å². The zero-order valence-corrected chi connectivity index (χ0v) is 20.7. The second kappa shape index (κ2) is 9.76. The fourth-order valence-corrected chi connectivity index (χ4v) is 5.02. The van der Waals surface area contributed by atoms with Crippen LogP contribution in [-0.2, 0) is 10.2 Å². The van der Waals surface area contributed by atoms with Crippen LogP contribution in [0.2, 0.25) is 0 Å². The normalized spacial score (nSPS) is 14.1. The van der Waals surface area contributed by atoms with Crippen LogP contribution in [0, 0.1) is 11.3 Å². The third-order valence-corrected chi connectivity index (χ3v) is 7.30. The van der Waals surface area contributed by atoms with Crippen LogP contribution in [0.1, 0.15) is 48.0 Å². The molecule has 0 saturated carbocycles. The van der Waals surface area contributed by atoms with Crippen LogP contribution in [-0.4, -0.2) is 42.4 Å². The summed E-state index contributed by atoms with van der Waals surface area (Å²) in [6.45, 7) is 7.29. The molecule has 0 aliphatic carbocycles. The molecule has 3 aromatic rings. The van der Waals surface area contributed by atoms with E-state index in [4.69, 9.17) is 0 Å². The summed E-state index contributed by atoms with van der Waals surface area (Å²) in [5, 5.41) is 19.8. The molecule has 1 aromatic heterocycles. The lowest BCUT2D eigenvalue weighted by molar-refractivity contribution is -0.120. The van der Waals surface area contributed by atoms with E-state index >= 15 is 0 Å². The van der Waals surface area contributed by atoms with Gasteiger partial charge in [0.25, 0.3) is 5.91 Å². The summed E-state index contributed by atoms with van der Waals surface area (Å²) in [4.78, 5) is 40.7. The SMILES string of the molecule is CC(C)(C)c1cc(C(=O)N2CCNC(=O)CC2)c(NC(=O)Nc2ccc(C#N)c3ccccc23)s1. The number of carbonyl (C=O) groups is 3. The molecule has 2 aromatic carbocycles. The van der Waals surface area contributed by atoms with E-state index < -0.39 is 6.03 Å². The maximum Gasteiger partial charge on any atom is 0.324 e. The second-order valence-electron chi connectivity index (χ2n) is 9.39. The van der Waals surface area contributed by atoms with Gasteiger partial charge in [-0.2, -0.15) is 5.26 Å². The Labute approximate surface area is 207 Å². The van der Waals surface area contributed by atoms with E-state index in [-0.39, 0.29) is 23.7 Å². The highest BCUT2D eigenvalue weighted by atomic mass is 32.1. The number of hydrogen-bond donors (Lipinski definition) is 3. The van der Waals surface area contributed by atoms with E-state index in [1.165, 1.54) is 11.3 Å². The summed E-state index contributed by atoms with van der Waals surface area (Å²) in [6.07, 6.45) is 0.247. The second-order valence-corrected chi connectivity index (χ2v) is 10.4. The van der Waals surface area contributed by atoms with E-state index in [9.17, 15) is 19.6 Å². The molecule has 1 saturated heterocycles. The number of urea groups is 1. The Morgan fingerprint density at radius 2 is 1.83 bits per heavy atom. The molecule has 1 aliphatic heterocycles. The number of nitrogens with zero attached hydrogens (tertiary/aromatic N) is 2. The zero-order chi connectivity index (χ0) is 25.2. The molecule has 0 bridgehead atoms. The molecule has 0 atom stereocenters. The van der Waals surface area contributed by atoms with Crippen LogP contribution in [0.25, 0.3) is 10.8 Å². The van der Waals surface area contributed by atoms with Crippen LogP contribution < -0.4 is 16.0 Å². The van der Waals surface area contributed by atoms with Gasteiger partial charge in [0.15, 0.2) is 0 Å². The number of thiophene rings is 1. The molecule has 8 nitrogen and oxygen atoms in total. The van der Waals surface area contributed by atoms with Crippen molar-refractivity contribution in [2.45, 2.75) is 32.6 Å². The molecule has 180 valence electrons. The van der Waals surface area contributed by atoms with Crippen LogP contribution in [0.3, 0.4) is 0 Å². The number of nitriles is 1. The smallest absolute Gasteiger partial charge is 0.324 e. The molecule has 1 aliphatic rings. The number of carbonyl (C=O) groups excluding carboxylic acids is 3. The third-order valence-electron chi connectivity index (χ3n) is 5.82. The Balaban J connectivity index is 1.61. The van der Waals surface area contributed by atoms with Crippen molar-refractivity contribution in [3.63, 3.8) is 0 Å². The summed E-state index contributed by atoms with van der Waals surface area (Å²) in [5.74, 6) is -0.291. The predicted octanol–water partition coefficient (Wildman–Crippen LogP) is 4.68. The molecule has 0 spiro atoms. The third kappa shape index (κ3) is 5.28. The van der Waals surface area contributed by atoms with Gasteiger partial charge in [0.05, 0.1) is 22.9 Å². The van der Waals surface area contributed by atoms with Gasteiger partial charge < -0.3 is 15.5 Å². The van der Waals surface area contributed by atoms with E-state index in [0.29, 0.717) is 41.4 Å². The summed E-state index contributed by atoms with van der Waals surface area (Å²) in [6, 6.07) is 14.3. The lowest BCUT2D eigenvalue weighted by atomic mass is 9.94. The molecule has 4 amide bonds. The van der Waals surface area contributed by atoms with Crippen molar-refractivity contribution >= 4 is 50.6 Å². The molecule has 4 rings (SSSR count). The number of nitrogens with one attached hydrogen (secondary N) is 3. The van der Waals surface area contributed by atoms with Crippen molar-refractivity contribution in [1.82, 2.24) is 10.2 Å². The average Bonchev–Trinajstić information content (AvgIpc) is 3.13. The first-order valence-corrected chi connectivity index (χ1v) is 12.2. The van der Waals surface area contributed by atoms with E-state index in [0.717, 1.165) is 15.6 Å². The number of amides is 4. The number of rotatable bonds is 3. The zero-order valence-electron chi connectivity index (χ0n) is 19.9. The van der Waals surface area contributed by atoms with Gasteiger partial charge in [-0.3, -0.25) is 14.9 Å². The van der Waals surface area contributed by atoms with Crippen molar-refractivity contribution < 1.29 is 14.4 Å². The van der Waals surface area contributed by atoms with Gasteiger partial charge in [-0.25, -0.2) is 4.79 Å². The Kier molecular flexibility index (Phi) is 6.76. The van der Waals surface area contributed by atoms with Gasteiger partial charge in [0.1, 0.15) is 5.00 Å². The first-order chi connectivity index (χ1) is 16.7. The van der Waals surface area contributed by atoms with Crippen LogP contribution in [0.5, 0.6) is 0 Å². The molecule has 1 fully saturated rings. The number of anilines is 2. The van der Waals surface area contributed by atoms with Crippen molar-refractivity contribution in [2.24, 2.45) is 0 Å². The highest BCUT2D eigenvalue weighted by Crippen LogP contribution is 2.37. The van der Waals surface area contributed by atoms with Gasteiger partial charge in [-0.05, 0) is 23.6 Å². The molecule has 0 radical (unpaired) electrons. The Morgan fingerprint density at radius 3 is 2.54 bits per heavy atom. The summed E-state index contributed by atoms with van der Waals surface area (Å²) in [7, 11) is 0. The van der Waals surface area contributed by atoms with Gasteiger partial charge in [0.2, 0.25) is 5.91 Å². The minimum Gasteiger partial charge on any atom is -0.354 e. The molecule has 2 heterocycles. The van der Waals surface area contributed by atoms with E-state index in [2.05, 4.69) is 22.0 Å². The van der Waals surface area contributed by atoms with Crippen LogP contribution in [0.15, 0.2) is 42.5 Å². The molecule has 9 heteroatoms. The first kappa shape index (κ1) is 24.2. The van der Waals surface area contributed by atoms with Crippen molar-refractivity contribution in [1.29, 1.82) is 5.26 Å². The molecule has 0 unspecified atom stereocenters. The highest BCUT2D eigenvalue weighted by molar-refractivity contribution is 7.16. The fraction of sp³-hybridized carbons (Fsp3) is 0.308. The fourth-order valence-electron chi connectivity index (χ4n) is 3.92. The maximum absolute atomic E-state index is 13.4. The topological polar surface area (TPSA) is 114 Å². The minimum absolute atomic E-state index is 0.0756. The number of hydrogen-bond acceptors (Lipinski definition) is 5. The van der Waals surface area contributed by atoms with Gasteiger partial charge in [0, 0.05) is 41.7 Å². The van der Waals surface area contributed by atoms with E-state index in [1.807, 2.05) is 51.1 Å². The maximum atomic E-state index is 13.4. The predicted molar refractivity (Wildman–Crippen MR) is 138 cm³/mol. The monoisotopic (exact) mass is 489 g/mol. The largest absolute Gasteiger partial charge is 0.354 e. The standard InChI is InChI=1S/C26H27N5O3S/c1-26(2,3)21-14-19(24(33)31-12-10-22(32)28-11-13-31)23(35-21)30-25(34)29-20-9-8-16(15-27)17-6-4-5-7-18(17)20/h4-9,14H,10-13H2,1-3H3,(H,28,32)(H2,29,30,34). The summed E-state index contributed by atoms with van der Waals surface area (Å²) >= 11 is 1.37. The van der Waals surface area contributed by atoms with Gasteiger partial charge >= 0.3 is 6.03 Å². The Bertz CT molecular complexity index is 1350. The summed E-state index contributed by atoms with van der Waals surface area (Å²) in [5.41, 5.74) is 1.29. The number of fused-ring (bicyclic) bond motifs is 1. The minimum atomic E-state index is -0.482. The van der Waals surface area contributed by atoms with Gasteiger partial charge in [-0.15, -0.1) is 11.3 Å². The number of benzene rings is 2. The van der Waals surface area contributed by atoms with Gasteiger partial charge in [-0.1, -0.05) is 45.0 Å². The lowest BCUT2D eigenvalue weighted by Crippen LogP contribution is -2.34. The van der Waals surface area contributed by atoms with Crippen LogP contribution in [0.4, 0.5) is 15.5 Å². The molecule has 3 N–H and O–H groups in total. The molecule has 35 heavy (non-hydrogen) atoms. The summed E-state index contributed by atoms with van der Waals surface area (Å²) < 4.78 is 0. The highest BCUT2D eigenvalue weighted by Gasteiger charge is 2.28. The molecular weight excluding hydrogens is 462 g/mol. The van der Waals surface area contributed by atoms with Crippen molar-refractivity contribution in [2.75, 3.05) is 30.3 Å². The average molecular weight is 490 g/mol. The van der Waals surface area contributed by atoms with Crippen molar-refractivity contribution in [3.8, 4) is 6.07 Å². The molecular formula is C26H27N5O3S.